The summed E-state index contributed by atoms with van der Waals surface area (Å²) in [5.41, 5.74) is 3.71. The van der Waals surface area contributed by atoms with E-state index in [1.54, 1.807) is 0 Å². The van der Waals surface area contributed by atoms with Crippen LogP contribution in [-0.4, -0.2) is 4.98 Å². The van der Waals surface area contributed by atoms with Crippen molar-refractivity contribution in [3.05, 3.63) is 35.7 Å². The SMILES string of the molecule is c1cc2c(ccc3oc4c(c32)CCCC4)[nH]1. The summed E-state index contributed by atoms with van der Waals surface area (Å²) >= 11 is 0. The number of nitrogens with one attached hydrogen (secondary N) is 1. The minimum absolute atomic E-state index is 1.05. The number of hydrogen-bond donors (Lipinski definition) is 1. The Morgan fingerprint density at radius 3 is 3.00 bits per heavy atom. The van der Waals surface area contributed by atoms with Gasteiger partial charge in [0.25, 0.3) is 0 Å². The van der Waals surface area contributed by atoms with Crippen molar-refractivity contribution in [2.24, 2.45) is 0 Å². The van der Waals surface area contributed by atoms with Crippen LogP contribution in [0.25, 0.3) is 21.9 Å². The third kappa shape index (κ3) is 0.967. The first-order chi connectivity index (χ1) is 7.93. The zero-order chi connectivity index (χ0) is 10.5. The predicted octanol–water partition coefficient (Wildman–Crippen LogP) is 3.79. The molecule has 0 radical (unpaired) electrons. The maximum absolute atomic E-state index is 5.95. The van der Waals surface area contributed by atoms with Crippen molar-refractivity contribution in [1.29, 1.82) is 0 Å². The van der Waals surface area contributed by atoms with Crippen LogP contribution in [0.1, 0.15) is 24.2 Å². The Hall–Kier alpha value is -1.70. The molecule has 0 unspecified atom stereocenters. The molecule has 0 aliphatic heterocycles. The molecule has 2 nitrogen and oxygen atoms in total. The zero-order valence-electron chi connectivity index (χ0n) is 9.05. The average molecular weight is 211 g/mol. The molecule has 0 bridgehead atoms. The van der Waals surface area contributed by atoms with Gasteiger partial charge in [0.15, 0.2) is 0 Å². The van der Waals surface area contributed by atoms with Crippen LogP contribution in [-0.2, 0) is 12.8 Å². The Kier molecular flexibility index (Phi) is 1.54. The van der Waals surface area contributed by atoms with Gasteiger partial charge in [0.1, 0.15) is 11.3 Å². The molecule has 0 amide bonds. The fourth-order valence-corrected chi connectivity index (χ4v) is 2.90. The van der Waals surface area contributed by atoms with E-state index in [2.05, 4.69) is 23.2 Å². The van der Waals surface area contributed by atoms with Crippen LogP contribution < -0.4 is 0 Å². The quantitative estimate of drug-likeness (QED) is 0.602. The molecule has 3 aromatic rings. The van der Waals surface area contributed by atoms with Gasteiger partial charge in [0.2, 0.25) is 0 Å². The number of aromatic nitrogens is 1. The highest BCUT2D eigenvalue weighted by atomic mass is 16.3. The van der Waals surface area contributed by atoms with Gasteiger partial charge in [0, 0.05) is 34.5 Å². The summed E-state index contributed by atoms with van der Waals surface area (Å²) in [5.74, 6) is 1.22. The molecule has 0 saturated heterocycles. The van der Waals surface area contributed by atoms with Gasteiger partial charge in [0.05, 0.1) is 0 Å². The van der Waals surface area contributed by atoms with E-state index in [0.29, 0.717) is 0 Å². The first-order valence-corrected chi connectivity index (χ1v) is 5.94. The minimum atomic E-state index is 1.05. The van der Waals surface area contributed by atoms with Crippen molar-refractivity contribution < 1.29 is 4.42 Å². The van der Waals surface area contributed by atoms with Crippen molar-refractivity contribution in [2.75, 3.05) is 0 Å². The Morgan fingerprint density at radius 1 is 1.06 bits per heavy atom. The van der Waals surface area contributed by atoms with E-state index >= 15 is 0 Å². The molecule has 0 fully saturated rings. The average Bonchev–Trinajstić information content (AvgIpc) is 2.91. The number of hydrogen-bond acceptors (Lipinski definition) is 1. The van der Waals surface area contributed by atoms with Crippen LogP contribution in [0.3, 0.4) is 0 Å². The Labute approximate surface area is 93.3 Å². The smallest absolute Gasteiger partial charge is 0.135 e. The summed E-state index contributed by atoms with van der Waals surface area (Å²) in [7, 11) is 0. The molecule has 0 spiro atoms. The largest absolute Gasteiger partial charge is 0.461 e. The lowest BCUT2D eigenvalue weighted by atomic mass is 9.95. The summed E-state index contributed by atoms with van der Waals surface area (Å²) in [4.78, 5) is 3.27. The third-order valence-electron chi connectivity index (χ3n) is 3.65. The maximum atomic E-state index is 5.95. The van der Waals surface area contributed by atoms with E-state index in [4.69, 9.17) is 4.42 Å². The summed E-state index contributed by atoms with van der Waals surface area (Å²) in [6.45, 7) is 0. The van der Waals surface area contributed by atoms with Gasteiger partial charge in [-0.25, -0.2) is 0 Å². The minimum Gasteiger partial charge on any atom is -0.461 e. The monoisotopic (exact) mass is 211 g/mol. The van der Waals surface area contributed by atoms with Crippen LogP contribution in [0, 0.1) is 0 Å². The second kappa shape index (κ2) is 2.91. The highest BCUT2D eigenvalue weighted by Gasteiger charge is 2.19. The van der Waals surface area contributed by atoms with Gasteiger partial charge >= 0.3 is 0 Å². The van der Waals surface area contributed by atoms with E-state index in [0.717, 1.165) is 12.0 Å². The first kappa shape index (κ1) is 8.45. The van der Waals surface area contributed by atoms with Gasteiger partial charge in [-0.2, -0.15) is 0 Å². The predicted molar refractivity (Wildman–Crippen MR) is 64.7 cm³/mol. The Bertz CT molecular complexity index is 674. The fraction of sp³-hybridized carbons (Fsp3) is 0.286. The van der Waals surface area contributed by atoms with E-state index in [-0.39, 0.29) is 0 Å². The van der Waals surface area contributed by atoms with Gasteiger partial charge in [-0.15, -0.1) is 0 Å². The second-order valence-corrected chi connectivity index (χ2v) is 4.59. The van der Waals surface area contributed by atoms with E-state index in [9.17, 15) is 0 Å². The summed E-state index contributed by atoms with van der Waals surface area (Å²) in [6.07, 6.45) is 6.85. The molecule has 1 N–H and O–H groups in total. The van der Waals surface area contributed by atoms with Gasteiger partial charge in [-0.1, -0.05) is 0 Å². The molecule has 1 aliphatic rings. The standard InChI is InChI=1S/C14H13NO/c1-2-4-12-10(3-1)14-9-7-8-15-11(9)5-6-13(14)16-12/h5-8,15H,1-4H2. The lowest BCUT2D eigenvalue weighted by molar-refractivity contribution is 0.506. The number of furan rings is 1. The topological polar surface area (TPSA) is 28.9 Å². The second-order valence-electron chi connectivity index (χ2n) is 4.59. The molecule has 1 aliphatic carbocycles. The normalized spacial score (nSPS) is 15.8. The van der Waals surface area contributed by atoms with Crippen molar-refractivity contribution >= 4 is 21.9 Å². The van der Waals surface area contributed by atoms with Crippen molar-refractivity contribution in [2.45, 2.75) is 25.7 Å². The summed E-state index contributed by atoms with van der Waals surface area (Å²) in [5, 5.41) is 2.65. The number of rotatable bonds is 0. The highest BCUT2D eigenvalue weighted by Crippen LogP contribution is 2.36. The number of aromatic amines is 1. The summed E-state index contributed by atoms with van der Waals surface area (Å²) < 4.78 is 5.95. The van der Waals surface area contributed by atoms with Crippen molar-refractivity contribution in [3.8, 4) is 0 Å². The van der Waals surface area contributed by atoms with Crippen LogP contribution in [0.4, 0.5) is 0 Å². The van der Waals surface area contributed by atoms with Crippen LogP contribution in [0.2, 0.25) is 0 Å². The maximum Gasteiger partial charge on any atom is 0.135 e. The lowest BCUT2D eigenvalue weighted by Crippen LogP contribution is -1.98. The highest BCUT2D eigenvalue weighted by molar-refractivity contribution is 6.06. The van der Waals surface area contributed by atoms with Crippen molar-refractivity contribution in [3.63, 3.8) is 0 Å². The zero-order valence-corrected chi connectivity index (χ0v) is 9.05. The molecular weight excluding hydrogens is 198 g/mol. The lowest BCUT2D eigenvalue weighted by Gasteiger charge is -2.08. The van der Waals surface area contributed by atoms with Gasteiger partial charge in [-0.05, 0) is 37.5 Å². The molecule has 2 heterocycles. The molecule has 2 heteroatoms. The molecule has 1 aromatic carbocycles. The van der Waals surface area contributed by atoms with E-state index in [1.165, 1.54) is 46.9 Å². The number of H-pyrrole nitrogens is 1. The van der Waals surface area contributed by atoms with Gasteiger partial charge < -0.3 is 9.40 Å². The molecule has 2 aromatic heterocycles. The molecule has 0 saturated carbocycles. The van der Waals surface area contributed by atoms with Crippen LogP contribution >= 0.6 is 0 Å². The molecular formula is C14H13NO. The van der Waals surface area contributed by atoms with Crippen LogP contribution in [0.15, 0.2) is 28.8 Å². The number of benzene rings is 1. The Morgan fingerprint density at radius 2 is 2.00 bits per heavy atom. The van der Waals surface area contributed by atoms with Crippen molar-refractivity contribution in [1.82, 2.24) is 4.98 Å². The number of aryl methyl sites for hydroxylation is 2. The first-order valence-electron chi connectivity index (χ1n) is 5.94. The van der Waals surface area contributed by atoms with Crippen LogP contribution in [0.5, 0.6) is 0 Å². The molecule has 4 rings (SSSR count). The van der Waals surface area contributed by atoms with Gasteiger partial charge in [-0.3, -0.25) is 0 Å². The fourth-order valence-electron chi connectivity index (χ4n) is 2.90. The number of fused-ring (bicyclic) bond motifs is 5. The summed E-state index contributed by atoms with van der Waals surface area (Å²) in [6, 6.07) is 6.35. The van der Waals surface area contributed by atoms with E-state index in [1.807, 2.05) is 6.20 Å². The third-order valence-corrected chi connectivity index (χ3v) is 3.65. The molecule has 16 heavy (non-hydrogen) atoms. The van der Waals surface area contributed by atoms with E-state index < -0.39 is 0 Å². The molecule has 80 valence electrons. The molecule has 0 atom stereocenters. The Balaban J connectivity index is 2.21.